The molecule has 0 unspecified atom stereocenters. The van der Waals surface area contributed by atoms with E-state index in [1.54, 1.807) is 0 Å². The first-order chi connectivity index (χ1) is 15.3. The maximum absolute atomic E-state index is 12.6. The van der Waals surface area contributed by atoms with Crippen molar-refractivity contribution in [3.8, 4) is 0 Å². The van der Waals surface area contributed by atoms with Crippen LogP contribution in [0.2, 0.25) is 0 Å². The van der Waals surface area contributed by atoms with Crippen molar-refractivity contribution in [1.82, 2.24) is 9.97 Å². The van der Waals surface area contributed by atoms with Gasteiger partial charge in [0.15, 0.2) is 0 Å². The zero-order valence-corrected chi connectivity index (χ0v) is 17.1. The van der Waals surface area contributed by atoms with Gasteiger partial charge in [-0.2, -0.15) is 26.3 Å². The Morgan fingerprint density at radius 2 is 1.21 bits per heavy atom. The molecule has 33 heavy (non-hydrogen) atoms. The standard InChI is InChI=1S/C11H10F3NO2.C10H8F3NO2/c1-17-10(16)7-4-8(6-2-3-6)15-9(5-7)11(12,13)14;11-10(12,13)8-4-6(9(15)16)3-7(14-8)5-1-2-5/h4-6H,2-3H2,1H3;3-5H,1-2H2,(H,15,16). The van der Waals surface area contributed by atoms with Crippen LogP contribution in [0.5, 0.6) is 0 Å². The van der Waals surface area contributed by atoms with E-state index in [4.69, 9.17) is 5.11 Å². The van der Waals surface area contributed by atoms with Crippen molar-refractivity contribution < 1.29 is 45.8 Å². The molecule has 178 valence electrons. The third-order valence-corrected chi connectivity index (χ3v) is 4.93. The smallest absolute Gasteiger partial charge is 0.433 e. The molecule has 2 aromatic heterocycles. The molecular weight excluding hydrogens is 458 g/mol. The Labute approximate surface area is 183 Å². The summed E-state index contributed by atoms with van der Waals surface area (Å²) in [4.78, 5) is 29.0. The number of pyridine rings is 2. The van der Waals surface area contributed by atoms with Gasteiger partial charge in [-0.25, -0.2) is 19.6 Å². The van der Waals surface area contributed by atoms with Crippen molar-refractivity contribution in [3.05, 3.63) is 58.2 Å². The highest BCUT2D eigenvalue weighted by atomic mass is 19.4. The molecule has 2 aromatic rings. The summed E-state index contributed by atoms with van der Waals surface area (Å²) in [5, 5.41) is 8.71. The Balaban J connectivity index is 0.000000186. The van der Waals surface area contributed by atoms with E-state index in [1.807, 2.05) is 0 Å². The molecule has 0 aromatic carbocycles. The van der Waals surface area contributed by atoms with Crippen LogP contribution in [0, 0.1) is 0 Å². The van der Waals surface area contributed by atoms with Crippen LogP contribution in [0.25, 0.3) is 0 Å². The number of carbonyl (C=O) groups excluding carboxylic acids is 1. The number of aromatic carboxylic acids is 1. The van der Waals surface area contributed by atoms with Crippen LogP contribution >= 0.6 is 0 Å². The maximum Gasteiger partial charge on any atom is 0.433 e. The second-order valence-corrected chi connectivity index (χ2v) is 7.67. The van der Waals surface area contributed by atoms with Gasteiger partial charge >= 0.3 is 24.3 Å². The average Bonchev–Trinajstić information content (AvgIpc) is 3.64. The Bertz CT molecular complexity index is 1060. The van der Waals surface area contributed by atoms with Gasteiger partial charge in [0, 0.05) is 23.2 Å². The number of esters is 1. The Hall–Kier alpha value is -3.18. The number of ether oxygens (including phenoxy) is 1. The molecule has 0 aliphatic heterocycles. The highest BCUT2D eigenvalue weighted by Gasteiger charge is 2.37. The second-order valence-electron chi connectivity index (χ2n) is 7.67. The van der Waals surface area contributed by atoms with E-state index in [9.17, 15) is 35.9 Å². The molecule has 1 N–H and O–H groups in total. The van der Waals surface area contributed by atoms with Gasteiger partial charge in [0.1, 0.15) is 11.4 Å². The number of rotatable bonds is 4. The molecule has 0 spiro atoms. The van der Waals surface area contributed by atoms with Gasteiger partial charge in [0.25, 0.3) is 0 Å². The normalized spacial score (nSPS) is 16.0. The zero-order chi connectivity index (χ0) is 24.6. The number of aromatic nitrogens is 2. The fourth-order valence-corrected chi connectivity index (χ4v) is 2.93. The van der Waals surface area contributed by atoms with Crippen molar-refractivity contribution in [3.63, 3.8) is 0 Å². The van der Waals surface area contributed by atoms with Crippen molar-refractivity contribution in [2.45, 2.75) is 49.9 Å². The summed E-state index contributed by atoms with van der Waals surface area (Å²) in [5.41, 5.74) is -2.08. The first kappa shape index (κ1) is 24.5. The quantitative estimate of drug-likeness (QED) is 0.467. The minimum absolute atomic E-state index is 0.0135. The molecule has 0 atom stereocenters. The van der Waals surface area contributed by atoms with Crippen LogP contribution in [0.15, 0.2) is 24.3 Å². The van der Waals surface area contributed by atoms with E-state index in [0.29, 0.717) is 11.8 Å². The lowest BCUT2D eigenvalue weighted by Crippen LogP contribution is -2.12. The van der Waals surface area contributed by atoms with Gasteiger partial charge < -0.3 is 9.84 Å². The molecular formula is C21H18F6N2O4. The highest BCUT2D eigenvalue weighted by molar-refractivity contribution is 5.89. The molecule has 12 heteroatoms. The van der Waals surface area contributed by atoms with E-state index >= 15 is 0 Å². The number of halogens is 6. The largest absolute Gasteiger partial charge is 0.478 e. The number of methoxy groups -OCH3 is 1. The monoisotopic (exact) mass is 476 g/mol. The molecule has 2 heterocycles. The van der Waals surface area contributed by atoms with Gasteiger partial charge in [-0.15, -0.1) is 0 Å². The van der Waals surface area contributed by atoms with Crippen molar-refractivity contribution in [2.75, 3.05) is 7.11 Å². The summed E-state index contributed by atoms with van der Waals surface area (Å²) in [5.74, 6) is -2.12. The summed E-state index contributed by atoms with van der Waals surface area (Å²) < 4.78 is 79.5. The van der Waals surface area contributed by atoms with E-state index in [1.165, 1.54) is 12.1 Å². The van der Waals surface area contributed by atoms with Gasteiger partial charge in [0.2, 0.25) is 0 Å². The van der Waals surface area contributed by atoms with Crippen LogP contribution in [-0.2, 0) is 17.1 Å². The van der Waals surface area contributed by atoms with E-state index in [0.717, 1.165) is 38.9 Å². The fraction of sp³-hybridized carbons (Fsp3) is 0.429. The first-order valence-electron chi connectivity index (χ1n) is 9.79. The fourth-order valence-electron chi connectivity index (χ4n) is 2.93. The molecule has 2 aliphatic carbocycles. The number of nitrogens with zero attached hydrogens (tertiary/aromatic N) is 2. The molecule has 6 nitrogen and oxygen atoms in total. The number of carboxylic acids is 1. The lowest BCUT2D eigenvalue weighted by atomic mass is 10.1. The van der Waals surface area contributed by atoms with Crippen LogP contribution in [0.3, 0.4) is 0 Å². The lowest BCUT2D eigenvalue weighted by Gasteiger charge is -2.09. The lowest BCUT2D eigenvalue weighted by molar-refractivity contribution is -0.142. The zero-order valence-electron chi connectivity index (χ0n) is 17.1. The summed E-state index contributed by atoms with van der Waals surface area (Å²) in [6, 6.07) is 3.87. The molecule has 0 radical (unpaired) electrons. The number of hydrogen-bond acceptors (Lipinski definition) is 5. The van der Waals surface area contributed by atoms with Gasteiger partial charge in [-0.3, -0.25) is 0 Å². The SMILES string of the molecule is COC(=O)c1cc(C2CC2)nc(C(F)(F)F)c1.O=C(O)c1cc(C2CC2)nc(C(F)(F)F)c1. The Morgan fingerprint density at radius 1 is 0.818 bits per heavy atom. The van der Waals surface area contributed by atoms with Crippen LogP contribution in [-0.4, -0.2) is 34.1 Å². The third kappa shape index (κ3) is 6.42. The Kier molecular flexibility index (Phi) is 6.66. The van der Waals surface area contributed by atoms with Crippen molar-refractivity contribution in [2.24, 2.45) is 0 Å². The average molecular weight is 476 g/mol. The van der Waals surface area contributed by atoms with E-state index in [2.05, 4.69) is 14.7 Å². The summed E-state index contributed by atoms with van der Waals surface area (Å²) in [6.07, 6.45) is -5.98. The van der Waals surface area contributed by atoms with Crippen molar-refractivity contribution in [1.29, 1.82) is 0 Å². The number of carbonyl (C=O) groups is 2. The van der Waals surface area contributed by atoms with Crippen LogP contribution < -0.4 is 0 Å². The van der Waals surface area contributed by atoms with Crippen LogP contribution in [0.1, 0.15) is 81.0 Å². The summed E-state index contributed by atoms with van der Waals surface area (Å²) in [6.45, 7) is 0. The highest BCUT2D eigenvalue weighted by Crippen LogP contribution is 2.41. The van der Waals surface area contributed by atoms with Gasteiger partial charge in [-0.05, 0) is 49.9 Å². The molecule has 0 bridgehead atoms. The minimum atomic E-state index is -4.60. The predicted molar refractivity (Wildman–Crippen MR) is 101 cm³/mol. The molecule has 4 rings (SSSR count). The molecule has 2 saturated carbocycles. The number of carboxylic acid groups (broad SMARTS) is 1. The minimum Gasteiger partial charge on any atom is -0.478 e. The van der Waals surface area contributed by atoms with Gasteiger partial charge in [-0.1, -0.05) is 0 Å². The Morgan fingerprint density at radius 3 is 1.55 bits per heavy atom. The van der Waals surface area contributed by atoms with E-state index < -0.39 is 35.7 Å². The van der Waals surface area contributed by atoms with Gasteiger partial charge in [0.05, 0.1) is 18.2 Å². The maximum atomic E-state index is 12.6. The molecule has 2 fully saturated rings. The third-order valence-electron chi connectivity index (χ3n) is 4.93. The predicted octanol–water partition coefficient (Wildman–Crippen LogP) is 5.44. The number of hydrogen-bond donors (Lipinski definition) is 1. The molecule has 0 amide bonds. The van der Waals surface area contributed by atoms with Crippen molar-refractivity contribution >= 4 is 11.9 Å². The summed E-state index contributed by atoms with van der Waals surface area (Å²) >= 11 is 0. The molecule has 2 aliphatic rings. The van der Waals surface area contributed by atoms with Crippen LogP contribution in [0.4, 0.5) is 26.3 Å². The summed E-state index contributed by atoms with van der Waals surface area (Å²) in [7, 11) is 1.13. The molecule has 0 saturated heterocycles. The van der Waals surface area contributed by atoms with E-state index in [-0.39, 0.29) is 28.7 Å². The topological polar surface area (TPSA) is 89.4 Å². The number of alkyl halides is 6. The first-order valence-corrected chi connectivity index (χ1v) is 9.79. The second kappa shape index (κ2) is 8.99.